The summed E-state index contributed by atoms with van der Waals surface area (Å²) in [5.74, 6) is -0.206. The van der Waals surface area contributed by atoms with Crippen LogP contribution >= 0.6 is 0 Å². The molecule has 0 aromatic carbocycles. The topological polar surface area (TPSA) is 90.2 Å². The smallest absolute Gasteiger partial charge is 0.101 e. The summed E-state index contributed by atoms with van der Waals surface area (Å²) in [5.41, 5.74) is -1.34. The van der Waals surface area contributed by atoms with Gasteiger partial charge < -0.3 is 25.2 Å². The highest BCUT2D eigenvalue weighted by Gasteiger charge is 2.32. The Labute approximate surface area is 83.3 Å². The van der Waals surface area contributed by atoms with Crippen molar-refractivity contribution < 1.29 is 25.2 Å². The minimum absolute atomic E-state index is 0.206. The summed E-state index contributed by atoms with van der Waals surface area (Å²) in [6, 6.07) is 0. The molecule has 0 aliphatic carbocycles. The van der Waals surface area contributed by atoms with E-state index in [1.165, 1.54) is 13.2 Å². The van der Waals surface area contributed by atoms with Gasteiger partial charge in [-0.05, 0) is 12.5 Å². The largest absolute Gasteiger partial charge is 0.512 e. The van der Waals surface area contributed by atoms with Crippen molar-refractivity contribution in [3.63, 3.8) is 0 Å². The third-order valence-corrected chi connectivity index (χ3v) is 2.11. The summed E-state index contributed by atoms with van der Waals surface area (Å²) in [4.78, 5) is 0. The molecule has 84 valence electrons. The first-order valence-electron chi connectivity index (χ1n) is 4.38. The average molecular weight is 206 g/mol. The lowest BCUT2D eigenvalue weighted by atomic mass is 9.88. The maximum Gasteiger partial charge on any atom is 0.101 e. The average Bonchev–Trinajstić information content (AvgIpc) is 2.22. The zero-order chi connectivity index (χ0) is 11.0. The van der Waals surface area contributed by atoms with Crippen molar-refractivity contribution in [1.82, 2.24) is 0 Å². The Bertz CT molecular complexity index is 166. The molecule has 5 nitrogen and oxygen atoms in total. The number of methoxy groups -OCH3 is 1. The molecule has 0 saturated heterocycles. The van der Waals surface area contributed by atoms with Crippen LogP contribution in [-0.2, 0) is 4.74 Å². The van der Waals surface area contributed by atoms with Crippen molar-refractivity contribution in [2.24, 2.45) is 5.41 Å². The highest BCUT2D eigenvalue weighted by molar-refractivity contribution is 5.07. The molecule has 0 aromatic heterocycles. The van der Waals surface area contributed by atoms with Crippen molar-refractivity contribution >= 4 is 0 Å². The molecule has 0 aliphatic heterocycles. The summed E-state index contributed by atoms with van der Waals surface area (Å²) < 4.78 is 4.76. The van der Waals surface area contributed by atoms with Crippen LogP contribution in [0.4, 0.5) is 0 Å². The van der Waals surface area contributed by atoms with E-state index in [-0.39, 0.29) is 5.76 Å². The third kappa shape index (κ3) is 3.26. The van der Waals surface area contributed by atoms with Gasteiger partial charge in [-0.3, -0.25) is 0 Å². The number of rotatable bonds is 7. The molecule has 5 heteroatoms. The van der Waals surface area contributed by atoms with Gasteiger partial charge in [-0.25, -0.2) is 0 Å². The van der Waals surface area contributed by atoms with Gasteiger partial charge in [-0.2, -0.15) is 0 Å². The van der Waals surface area contributed by atoms with E-state index in [2.05, 4.69) is 0 Å². The SMILES string of the molecule is COCCC=C(O)C(CO)(CO)CO. The lowest BCUT2D eigenvalue weighted by Gasteiger charge is -2.26. The first kappa shape index (κ1) is 13.4. The van der Waals surface area contributed by atoms with E-state index in [0.717, 1.165) is 0 Å². The second-order valence-corrected chi connectivity index (χ2v) is 3.13. The van der Waals surface area contributed by atoms with Crippen molar-refractivity contribution in [2.75, 3.05) is 33.5 Å². The lowest BCUT2D eigenvalue weighted by molar-refractivity contribution is 0.00436. The molecule has 14 heavy (non-hydrogen) atoms. The molecule has 0 heterocycles. The van der Waals surface area contributed by atoms with Gasteiger partial charge in [0.1, 0.15) is 5.76 Å². The van der Waals surface area contributed by atoms with Gasteiger partial charge in [0.2, 0.25) is 0 Å². The van der Waals surface area contributed by atoms with Gasteiger partial charge in [-0.1, -0.05) is 0 Å². The van der Waals surface area contributed by atoms with E-state index in [1.54, 1.807) is 0 Å². The molecule has 0 radical (unpaired) electrons. The molecule has 0 aromatic rings. The van der Waals surface area contributed by atoms with Gasteiger partial charge in [-0.15, -0.1) is 0 Å². The molecule has 0 fully saturated rings. The van der Waals surface area contributed by atoms with Crippen LogP contribution in [-0.4, -0.2) is 54.0 Å². The van der Waals surface area contributed by atoms with Gasteiger partial charge >= 0.3 is 0 Å². The van der Waals surface area contributed by atoms with E-state index in [1.807, 2.05) is 0 Å². The summed E-state index contributed by atoms with van der Waals surface area (Å²) in [6.07, 6.45) is 1.89. The lowest BCUT2D eigenvalue weighted by Crippen LogP contribution is -2.36. The van der Waals surface area contributed by atoms with E-state index in [0.29, 0.717) is 13.0 Å². The number of aliphatic hydroxyl groups excluding tert-OH is 4. The predicted octanol–water partition coefficient (Wildman–Crippen LogP) is -0.572. The van der Waals surface area contributed by atoms with Crippen LogP contribution in [0, 0.1) is 5.41 Å². The quantitative estimate of drug-likeness (QED) is 0.331. The zero-order valence-electron chi connectivity index (χ0n) is 8.31. The molecular weight excluding hydrogens is 188 g/mol. The minimum atomic E-state index is -1.34. The molecular formula is C9H18O5. The first-order valence-corrected chi connectivity index (χ1v) is 4.38. The van der Waals surface area contributed by atoms with Gasteiger partial charge in [0.05, 0.1) is 25.2 Å². The standard InChI is InChI=1S/C9H18O5/c1-14-4-2-3-8(13)9(5-10,6-11)7-12/h3,10-13H,2,4-7H2,1H3. The fourth-order valence-electron chi connectivity index (χ4n) is 0.923. The van der Waals surface area contributed by atoms with Crippen molar-refractivity contribution in [2.45, 2.75) is 6.42 Å². The molecule has 0 saturated carbocycles. The maximum absolute atomic E-state index is 9.51. The molecule has 0 bridgehead atoms. The fraction of sp³-hybridized carbons (Fsp3) is 0.778. The summed E-state index contributed by atoms with van der Waals surface area (Å²) in [5, 5.41) is 36.4. The Hall–Kier alpha value is -0.620. The van der Waals surface area contributed by atoms with Crippen LogP contribution in [0.1, 0.15) is 6.42 Å². The number of hydrogen-bond acceptors (Lipinski definition) is 5. The third-order valence-electron chi connectivity index (χ3n) is 2.11. The predicted molar refractivity (Wildman–Crippen MR) is 50.9 cm³/mol. The molecule has 0 spiro atoms. The van der Waals surface area contributed by atoms with E-state index < -0.39 is 25.2 Å². The number of ether oxygens (including phenoxy) is 1. The molecule has 0 amide bonds. The molecule has 0 atom stereocenters. The van der Waals surface area contributed by atoms with Crippen LogP contribution in [0.15, 0.2) is 11.8 Å². The summed E-state index contributed by atoms with van der Waals surface area (Å²) >= 11 is 0. The maximum atomic E-state index is 9.51. The van der Waals surface area contributed by atoms with Crippen LogP contribution < -0.4 is 0 Å². The first-order chi connectivity index (χ1) is 6.66. The second-order valence-electron chi connectivity index (χ2n) is 3.13. The van der Waals surface area contributed by atoms with E-state index in [9.17, 15) is 5.11 Å². The van der Waals surface area contributed by atoms with Gasteiger partial charge in [0.15, 0.2) is 0 Å². The molecule has 4 N–H and O–H groups in total. The normalized spacial score (nSPS) is 13.3. The Kier molecular flexibility index (Phi) is 6.48. The van der Waals surface area contributed by atoms with Crippen LogP contribution in [0.3, 0.4) is 0 Å². The molecule has 0 aliphatic rings. The Morgan fingerprint density at radius 2 is 1.71 bits per heavy atom. The van der Waals surface area contributed by atoms with Crippen LogP contribution in [0.5, 0.6) is 0 Å². The monoisotopic (exact) mass is 206 g/mol. The Morgan fingerprint density at radius 1 is 1.21 bits per heavy atom. The summed E-state index contributed by atoms with van der Waals surface area (Å²) in [7, 11) is 1.53. The van der Waals surface area contributed by atoms with Crippen molar-refractivity contribution in [3.8, 4) is 0 Å². The van der Waals surface area contributed by atoms with E-state index in [4.69, 9.17) is 20.1 Å². The molecule has 0 rings (SSSR count). The van der Waals surface area contributed by atoms with Gasteiger partial charge in [0, 0.05) is 13.7 Å². The molecule has 0 unspecified atom stereocenters. The summed E-state index contributed by atoms with van der Waals surface area (Å²) in [6.45, 7) is -1.08. The minimum Gasteiger partial charge on any atom is -0.512 e. The number of aliphatic hydroxyl groups is 4. The number of hydrogen-bond donors (Lipinski definition) is 4. The zero-order valence-corrected chi connectivity index (χ0v) is 8.31. The van der Waals surface area contributed by atoms with Crippen LogP contribution in [0.25, 0.3) is 0 Å². The van der Waals surface area contributed by atoms with Crippen molar-refractivity contribution in [3.05, 3.63) is 11.8 Å². The van der Waals surface area contributed by atoms with Gasteiger partial charge in [0.25, 0.3) is 0 Å². The van der Waals surface area contributed by atoms with Crippen molar-refractivity contribution in [1.29, 1.82) is 0 Å². The second kappa shape index (κ2) is 6.78. The Balaban J connectivity index is 4.41. The highest BCUT2D eigenvalue weighted by Crippen LogP contribution is 2.23. The highest BCUT2D eigenvalue weighted by atomic mass is 16.5. The van der Waals surface area contributed by atoms with Crippen LogP contribution in [0.2, 0.25) is 0 Å². The Morgan fingerprint density at radius 3 is 2.07 bits per heavy atom. The fourth-order valence-corrected chi connectivity index (χ4v) is 0.923. The van der Waals surface area contributed by atoms with E-state index >= 15 is 0 Å².